The normalized spacial score (nSPS) is 10.7. The molecule has 2 rings (SSSR count). The number of hydrogen-bond acceptors (Lipinski definition) is 3. The Morgan fingerprint density at radius 2 is 2.09 bits per heavy atom. The van der Waals surface area contributed by atoms with Crippen LogP contribution in [0.4, 0.5) is 0 Å². The number of H-pyrrole nitrogens is 1. The van der Waals surface area contributed by atoms with Gasteiger partial charge < -0.3 is 14.9 Å². The average Bonchev–Trinajstić information content (AvgIpc) is 3.06. The zero-order valence-corrected chi connectivity index (χ0v) is 13.3. The van der Waals surface area contributed by atoms with Crippen LogP contribution in [0.2, 0.25) is 0 Å². The lowest BCUT2D eigenvalue weighted by atomic mass is 10.1. The second kappa shape index (κ2) is 7.06. The predicted octanol–water partition coefficient (Wildman–Crippen LogP) is 2.24. The van der Waals surface area contributed by atoms with Gasteiger partial charge in [0, 0.05) is 36.7 Å². The molecule has 0 saturated heterocycles. The van der Waals surface area contributed by atoms with E-state index in [1.54, 1.807) is 19.4 Å². The summed E-state index contributed by atoms with van der Waals surface area (Å²) >= 11 is 0. The van der Waals surface area contributed by atoms with Gasteiger partial charge in [0.1, 0.15) is 5.69 Å². The number of hydrogen-bond donors (Lipinski definition) is 2. The minimum absolute atomic E-state index is 0.0226. The number of carbonyl (C=O) groups is 2. The maximum absolute atomic E-state index is 12.2. The molecule has 0 aliphatic rings. The van der Waals surface area contributed by atoms with E-state index in [1.165, 1.54) is 6.92 Å². The SMILES string of the molecule is CC(=O)c1c(C)[nH]c(C(=O)NCCCCn2ccnc2)c1C. The quantitative estimate of drug-likeness (QED) is 0.608. The zero-order chi connectivity index (χ0) is 16.1. The van der Waals surface area contributed by atoms with E-state index in [1.807, 2.05) is 17.7 Å². The van der Waals surface area contributed by atoms with Gasteiger partial charge in [-0.2, -0.15) is 0 Å². The number of amides is 1. The van der Waals surface area contributed by atoms with Gasteiger partial charge in [-0.05, 0) is 39.2 Å². The molecule has 0 spiro atoms. The van der Waals surface area contributed by atoms with E-state index in [9.17, 15) is 9.59 Å². The van der Waals surface area contributed by atoms with Crippen LogP contribution >= 0.6 is 0 Å². The number of carbonyl (C=O) groups excluding carboxylic acids is 2. The summed E-state index contributed by atoms with van der Waals surface area (Å²) < 4.78 is 2.01. The van der Waals surface area contributed by atoms with Crippen molar-refractivity contribution in [3.05, 3.63) is 41.2 Å². The van der Waals surface area contributed by atoms with Crippen LogP contribution in [0.1, 0.15) is 51.9 Å². The van der Waals surface area contributed by atoms with Gasteiger partial charge in [-0.15, -0.1) is 0 Å². The number of aromatic nitrogens is 3. The highest BCUT2D eigenvalue weighted by atomic mass is 16.2. The Morgan fingerprint density at radius 1 is 1.32 bits per heavy atom. The van der Waals surface area contributed by atoms with Gasteiger partial charge in [-0.25, -0.2) is 4.98 Å². The molecule has 2 aromatic rings. The number of unbranched alkanes of at least 4 members (excludes halogenated alkanes) is 1. The molecule has 0 atom stereocenters. The Kier molecular flexibility index (Phi) is 5.14. The number of aromatic amines is 1. The fraction of sp³-hybridized carbons (Fsp3) is 0.438. The molecule has 6 nitrogen and oxygen atoms in total. The van der Waals surface area contributed by atoms with Crippen molar-refractivity contribution in [3.8, 4) is 0 Å². The molecule has 0 aliphatic carbocycles. The Labute approximate surface area is 129 Å². The second-order valence-electron chi connectivity index (χ2n) is 5.44. The number of imidazole rings is 1. The number of nitrogens with zero attached hydrogens (tertiary/aromatic N) is 2. The van der Waals surface area contributed by atoms with E-state index in [2.05, 4.69) is 15.3 Å². The molecule has 22 heavy (non-hydrogen) atoms. The summed E-state index contributed by atoms with van der Waals surface area (Å²) in [6.07, 6.45) is 7.32. The van der Waals surface area contributed by atoms with Gasteiger partial charge in [-0.3, -0.25) is 9.59 Å². The minimum atomic E-state index is -0.157. The molecule has 0 bridgehead atoms. The molecule has 0 fully saturated rings. The van der Waals surface area contributed by atoms with Gasteiger partial charge in [0.05, 0.1) is 6.33 Å². The Balaban J connectivity index is 1.82. The predicted molar refractivity (Wildman–Crippen MR) is 84.1 cm³/mol. The molecule has 6 heteroatoms. The third-order valence-corrected chi connectivity index (χ3v) is 3.70. The van der Waals surface area contributed by atoms with E-state index in [-0.39, 0.29) is 11.7 Å². The highest BCUT2D eigenvalue weighted by Crippen LogP contribution is 2.18. The van der Waals surface area contributed by atoms with Crippen LogP contribution in [-0.2, 0) is 6.54 Å². The maximum atomic E-state index is 12.2. The van der Waals surface area contributed by atoms with Gasteiger partial charge in [-0.1, -0.05) is 0 Å². The molecule has 2 aromatic heterocycles. The molecule has 2 N–H and O–H groups in total. The highest BCUT2D eigenvalue weighted by molar-refractivity contribution is 6.02. The van der Waals surface area contributed by atoms with Crippen molar-refractivity contribution in [1.82, 2.24) is 19.9 Å². The molecular formula is C16H22N4O2. The van der Waals surface area contributed by atoms with Gasteiger partial charge >= 0.3 is 0 Å². The van der Waals surface area contributed by atoms with E-state index in [0.717, 1.165) is 30.6 Å². The summed E-state index contributed by atoms with van der Waals surface area (Å²) in [6, 6.07) is 0. The topological polar surface area (TPSA) is 79.8 Å². The smallest absolute Gasteiger partial charge is 0.268 e. The summed E-state index contributed by atoms with van der Waals surface area (Å²) in [6.45, 7) is 6.63. The fourth-order valence-corrected chi connectivity index (χ4v) is 2.63. The standard InChI is InChI=1S/C16H22N4O2/c1-11-14(13(3)21)12(2)19-15(11)16(22)18-6-4-5-8-20-9-7-17-10-20/h7,9-10,19H,4-6,8H2,1-3H3,(H,18,22). The average molecular weight is 302 g/mol. The van der Waals surface area contributed by atoms with Gasteiger partial charge in [0.25, 0.3) is 5.91 Å². The third kappa shape index (κ3) is 3.63. The Bertz CT molecular complexity index is 656. The van der Waals surface area contributed by atoms with Crippen molar-refractivity contribution in [2.24, 2.45) is 0 Å². The Morgan fingerprint density at radius 3 is 2.68 bits per heavy atom. The monoisotopic (exact) mass is 302 g/mol. The minimum Gasteiger partial charge on any atom is -0.354 e. The maximum Gasteiger partial charge on any atom is 0.268 e. The number of nitrogens with one attached hydrogen (secondary N) is 2. The first kappa shape index (κ1) is 16.0. The molecule has 0 saturated carbocycles. The summed E-state index contributed by atoms with van der Waals surface area (Å²) in [5, 5.41) is 2.89. The van der Waals surface area contributed by atoms with Crippen molar-refractivity contribution in [1.29, 1.82) is 0 Å². The third-order valence-electron chi connectivity index (χ3n) is 3.70. The molecular weight excluding hydrogens is 280 g/mol. The molecule has 118 valence electrons. The van der Waals surface area contributed by atoms with Gasteiger partial charge in [0.2, 0.25) is 0 Å². The van der Waals surface area contributed by atoms with Crippen LogP contribution < -0.4 is 5.32 Å². The second-order valence-corrected chi connectivity index (χ2v) is 5.44. The largest absolute Gasteiger partial charge is 0.354 e. The first-order chi connectivity index (χ1) is 10.5. The van der Waals surface area contributed by atoms with Crippen molar-refractivity contribution in [2.75, 3.05) is 6.54 Å². The van der Waals surface area contributed by atoms with Crippen molar-refractivity contribution in [2.45, 2.75) is 40.2 Å². The van der Waals surface area contributed by atoms with Crippen LogP contribution in [-0.4, -0.2) is 32.8 Å². The lowest BCUT2D eigenvalue weighted by molar-refractivity contribution is 0.0947. The summed E-state index contributed by atoms with van der Waals surface area (Å²) in [7, 11) is 0. The van der Waals surface area contributed by atoms with E-state index in [4.69, 9.17) is 0 Å². The van der Waals surface area contributed by atoms with Gasteiger partial charge in [0.15, 0.2) is 5.78 Å². The summed E-state index contributed by atoms with van der Waals surface area (Å²) in [5.74, 6) is -0.179. The number of aryl methyl sites for hydroxylation is 2. The Hall–Kier alpha value is -2.37. The van der Waals surface area contributed by atoms with Crippen molar-refractivity contribution < 1.29 is 9.59 Å². The summed E-state index contributed by atoms with van der Waals surface area (Å²) in [5.41, 5.74) is 2.57. The van der Waals surface area contributed by atoms with E-state index < -0.39 is 0 Å². The number of rotatable bonds is 7. The van der Waals surface area contributed by atoms with Crippen molar-refractivity contribution in [3.63, 3.8) is 0 Å². The molecule has 0 radical (unpaired) electrons. The zero-order valence-electron chi connectivity index (χ0n) is 13.3. The highest BCUT2D eigenvalue weighted by Gasteiger charge is 2.19. The summed E-state index contributed by atoms with van der Waals surface area (Å²) in [4.78, 5) is 30.7. The molecule has 2 heterocycles. The lowest BCUT2D eigenvalue weighted by Gasteiger charge is -2.05. The first-order valence-electron chi connectivity index (χ1n) is 7.44. The molecule has 0 unspecified atom stereocenters. The first-order valence-corrected chi connectivity index (χ1v) is 7.44. The lowest BCUT2D eigenvalue weighted by Crippen LogP contribution is -2.25. The van der Waals surface area contributed by atoms with Crippen LogP contribution in [0.5, 0.6) is 0 Å². The van der Waals surface area contributed by atoms with E-state index >= 15 is 0 Å². The van der Waals surface area contributed by atoms with Crippen LogP contribution in [0, 0.1) is 13.8 Å². The fourth-order valence-electron chi connectivity index (χ4n) is 2.63. The van der Waals surface area contributed by atoms with Crippen LogP contribution in [0.3, 0.4) is 0 Å². The van der Waals surface area contributed by atoms with Crippen LogP contribution in [0.15, 0.2) is 18.7 Å². The molecule has 0 aromatic carbocycles. The van der Waals surface area contributed by atoms with Crippen LogP contribution in [0.25, 0.3) is 0 Å². The molecule has 0 aliphatic heterocycles. The van der Waals surface area contributed by atoms with Crippen molar-refractivity contribution >= 4 is 11.7 Å². The number of ketones is 1. The van der Waals surface area contributed by atoms with E-state index in [0.29, 0.717) is 17.8 Å². The molecule has 1 amide bonds. The number of Topliss-reactive ketones (excluding diaryl/α,β-unsaturated/α-hetero) is 1.